The van der Waals surface area contributed by atoms with Crippen LogP contribution < -0.4 is 20.1 Å². The van der Waals surface area contributed by atoms with E-state index in [9.17, 15) is 0 Å². The number of nitrogens with zero attached hydrogens (tertiary/aromatic N) is 2. The summed E-state index contributed by atoms with van der Waals surface area (Å²) in [4.78, 5) is 2.49. The Morgan fingerprint density at radius 2 is 1.69 bits per heavy atom. The second-order valence-electron chi connectivity index (χ2n) is 7.64. The van der Waals surface area contributed by atoms with Crippen molar-refractivity contribution >= 4 is 27.9 Å². The van der Waals surface area contributed by atoms with Gasteiger partial charge in [-0.2, -0.15) is 5.10 Å². The molecule has 4 aromatic rings. The number of hydrogen-bond acceptors (Lipinski definition) is 7. The highest BCUT2D eigenvalue weighted by Crippen LogP contribution is 2.38. The van der Waals surface area contributed by atoms with E-state index in [1.807, 2.05) is 26.1 Å². The predicted molar refractivity (Wildman–Crippen MR) is 132 cm³/mol. The summed E-state index contributed by atoms with van der Waals surface area (Å²) in [6, 6.07) is 16.9. The Labute approximate surface area is 192 Å². The molecule has 2 heterocycles. The van der Waals surface area contributed by atoms with Crippen LogP contribution >= 0.6 is 11.3 Å². The summed E-state index contributed by atoms with van der Waals surface area (Å²) in [5.74, 6) is 2.07. The van der Waals surface area contributed by atoms with Crippen molar-refractivity contribution in [3.63, 3.8) is 0 Å². The lowest BCUT2D eigenvalue weighted by Gasteiger charge is -2.16. The van der Waals surface area contributed by atoms with Crippen LogP contribution in [0.4, 0.5) is 5.82 Å². The van der Waals surface area contributed by atoms with Crippen LogP contribution in [0.5, 0.6) is 11.5 Å². The highest BCUT2D eigenvalue weighted by atomic mass is 32.1. The summed E-state index contributed by atoms with van der Waals surface area (Å²) >= 11 is 1.79. The number of aryl methyl sites for hydroxylation is 1. The highest BCUT2D eigenvalue weighted by Gasteiger charge is 2.17. The zero-order valence-corrected chi connectivity index (χ0v) is 19.8. The Morgan fingerprint density at radius 1 is 0.969 bits per heavy atom. The van der Waals surface area contributed by atoms with Crippen LogP contribution in [0.15, 0.2) is 48.5 Å². The number of anilines is 1. The first-order valence-corrected chi connectivity index (χ1v) is 11.4. The molecule has 0 aliphatic heterocycles. The summed E-state index contributed by atoms with van der Waals surface area (Å²) in [6.07, 6.45) is 0. The van der Waals surface area contributed by atoms with Gasteiger partial charge in [0, 0.05) is 27.1 Å². The molecule has 0 fully saturated rings. The molecule has 32 heavy (non-hydrogen) atoms. The van der Waals surface area contributed by atoms with Gasteiger partial charge in [-0.05, 0) is 56.3 Å². The van der Waals surface area contributed by atoms with Gasteiger partial charge >= 0.3 is 0 Å². The van der Waals surface area contributed by atoms with Gasteiger partial charge in [0.15, 0.2) is 17.3 Å². The molecule has 0 aliphatic carbocycles. The molecular weight excluding hydrogens is 420 g/mol. The lowest BCUT2D eigenvalue weighted by Crippen LogP contribution is -2.08. The Morgan fingerprint density at radius 3 is 2.41 bits per heavy atom. The molecule has 0 radical (unpaired) electrons. The average molecular weight is 449 g/mol. The number of thiophene rings is 1. The average Bonchev–Trinajstić information content (AvgIpc) is 3.31. The molecule has 1 unspecified atom stereocenters. The lowest BCUT2D eigenvalue weighted by molar-refractivity contribution is 0.356. The van der Waals surface area contributed by atoms with E-state index >= 15 is 0 Å². The van der Waals surface area contributed by atoms with Crippen molar-refractivity contribution in [2.24, 2.45) is 0 Å². The van der Waals surface area contributed by atoms with Gasteiger partial charge in [-0.1, -0.05) is 24.3 Å². The number of fused-ring (bicyclic) bond motifs is 1. The minimum Gasteiger partial charge on any atom is -0.493 e. The molecule has 0 bridgehead atoms. The maximum atomic E-state index is 5.51. The van der Waals surface area contributed by atoms with Gasteiger partial charge in [-0.25, -0.2) is 0 Å². The van der Waals surface area contributed by atoms with E-state index in [0.29, 0.717) is 11.5 Å². The SMILES string of the molecule is CNCc1ccccc1-c1ccc(C(C)Nc2nnc(C)c3cc(OC)c(OC)cc23)s1. The molecule has 4 rings (SSSR count). The predicted octanol–water partition coefficient (Wildman–Crippen LogP) is 5.58. The molecule has 1 atom stereocenters. The molecule has 2 aromatic carbocycles. The third kappa shape index (κ3) is 4.26. The van der Waals surface area contributed by atoms with Gasteiger partial charge in [0.2, 0.25) is 0 Å². The maximum Gasteiger partial charge on any atom is 0.161 e. The molecule has 0 saturated heterocycles. The van der Waals surface area contributed by atoms with E-state index in [-0.39, 0.29) is 6.04 Å². The first-order valence-electron chi connectivity index (χ1n) is 10.5. The number of hydrogen-bond donors (Lipinski definition) is 2. The third-order valence-electron chi connectivity index (χ3n) is 5.53. The topological polar surface area (TPSA) is 68.3 Å². The molecular formula is C25H28N4O2S. The Bertz CT molecular complexity index is 1240. The van der Waals surface area contributed by atoms with Crippen LogP contribution in [0.25, 0.3) is 21.2 Å². The van der Waals surface area contributed by atoms with Crippen molar-refractivity contribution in [3.8, 4) is 21.9 Å². The molecule has 0 amide bonds. The van der Waals surface area contributed by atoms with E-state index in [2.05, 4.69) is 64.2 Å². The zero-order valence-electron chi connectivity index (χ0n) is 19.0. The van der Waals surface area contributed by atoms with Gasteiger partial charge in [-0.3, -0.25) is 0 Å². The third-order valence-corrected chi connectivity index (χ3v) is 6.83. The number of ether oxygens (including phenoxy) is 2. The van der Waals surface area contributed by atoms with Gasteiger partial charge in [0.25, 0.3) is 0 Å². The van der Waals surface area contributed by atoms with Crippen LogP contribution in [-0.2, 0) is 6.54 Å². The van der Waals surface area contributed by atoms with Crippen LogP contribution in [-0.4, -0.2) is 31.5 Å². The number of benzene rings is 2. The van der Waals surface area contributed by atoms with Crippen molar-refractivity contribution in [2.75, 3.05) is 26.6 Å². The van der Waals surface area contributed by atoms with Crippen LogP contribution in [0.3, 0.4) is 0 Å². The summed E-state index contributed by atoms with van der Waals surface area (Å²) in [5.41, 5.74) is 3.40. The van der Waals surface area contributed by atoms with Gasteiger partial charge in [0.05, 0.1) is 26.0 Å². The monoisotopic (exact) mass is 448 g/mol. The Kier molecular flexibility index (Phi) is 6.58. The molecule has 2 N–H and O–H groups in total. The molecule has 0 aliphatic rings. The minimum absolute atomic E-state index is 0.0681. The highest BCUT2D eigenvalue weighted by molar-refractivity contribution is 7.15. The van der Waals surface area contributed by atoms with E-state index in [1.165, 1.54) is 20.9 Å². The van der Waals surface area contributed by atoms with Crippen LogP contribution in [0, 0.1) is 6.92 Å². The fourth-order valence-electron chi connectivity index (χ4n) is 3.83. The lowest BCUT2D eigenvalue weighted by atomic mass is 10.1. The Balaban J connectivity index is 1.65. The van der Waals surface area contributed by atoms with E-state index in [4.69, 9.17) is 9.47 Å². The molecule has 0 saturated carbocycles. The van der Waals surface area contributed by atoms with Crippen molar-refractivity contribution < 1.29 is 9.47 Å². The van der Waals surface area contributed by atoms with Crippen LogP contribution in [0.2, 0.25) is 0 Å². The molecule has 0 spiro atoms. The molecule has 6 nitrogen and oxygen atoms in total. The molecule has 7 heteroatoms. The van der Waals surface area contributed by atoms with E-state index < -0.39 is 0 Å². The van der Waals surface area contributed by atoms with Gasteiger partial charge < -0.3 is 20.1 Å². The summed E-state index contributed by atoms with van der Waals surface area (Å²) in [6.45, 7) is 4.93. The van der Waals surface area contributed by atoms with Crippen molar-refractivity contribution in [1.82, 2.24) is 15.5 Å². The molecule has 166 valence electrons. The van der Waals surface area contributed by atoms with E-state index in [0.717, 1.165) is 28.8 Å². The van der Waals surface area contributed by atoms with E-state index in [1.54, 1.807) is 25.6 Å². The summed E-state index contributed by atoms with van der Waals surface area (Å²) in [7, 11) is 5.25. The fourth-order valence-corrected chi connectivity index (χ4v) is 4.90. The number of methoxy groups -OCH3 is 2. The van der Waals surface area contributed by atoms with Crippen molar-refractivity contribution in [3.05, 3.63) is 64.7 Å². The van der Waals surface area contributed by atoms with Gasteiger partial charge in [-0.15, -0.1) is 16.4 Å². The fraction of sp³-hybridized carbons (Fsp3) is 0.280. The first-order chi connectivity index (χ1) is 15.5. The zero-order chi connectivity index (χ0) is 22.7. The normalized spacial score (nSPS) is 12.0. The smallest absolute Gasteiger partial charge is 0.161 e. The first kappa shape index (κ1) is 22.0. The number of rotatable bonds is 8. The molecule has 2 aromatic heterocycles. The second kappa shape index (κ2) is 9.54. The number of nitrogens with one attached hydrogen (secondary N) is 2. The largest absolute Gasteiger partial charge is 0.493 e. The Hall–Kier alpha value is -3.16. The number of aromatic nitrogens is 2. The summed E-state index contributed by atoms with van der Waals surface area (Å²) in [5, 5.41) is 17.5. The van der Waals surface area contributed by atoms with Crippen LogP contribution in [0.1, 0.15) is 29.1 Å². The quantitative estimate of drug-likeness (QED) is 0.367. The minimum atomic E-state index is 0.0681. The summed E-state index contributed by atoms with van der Waals surface area (Å²) < 4.78 is 11.0. The second-order valence-corrected chi connectivity index (χ2v) is 8.76. The van der Waals surface area contributed by atoms with Crippen molar-refractivity contribution in [2.45, 2.75) is 26.4 Å². The maximum absolute atomic E-state index is 5.51. The van der Waals surface area contributed by atoms with Crippen molar-refractivity contribution in [1.29, 1.82) is 0 Å². The van der Waals surface area contributed by atoms with Gasteiger partial charge in [0.1, 0.15) is 0 Å². The standard InChI is InChI=1S/C25H28N4O2S/c1-15-19-12-21(30-4)22(31-5)13-20(19)25(29-28-15)27-16(2)23-10-11-24(32-23)18-9-7-6-8-17(18)14-26-3/h6-13,16,26H,14H2,1-5H3,(H,27,29).